The van der Waals surface area contributed by atoms with E-state index in [2.05, 4.69) is 19.9 Å². The molecule has 0 saturated carbocycles. The van der Waals surface area contributed by atoms with Crippen LogP contribution in [-0.4, -0.2) is 19.9 Å². The van der Waals surface area contributed by atoms with Crippen LogP contribution in [0.1, 0.15) is 12.7 Å². The van der Waals surface area contributed by atoms with Crippen molar-refractivity contribution in [2.75, 3.05) is 5.73 Å². The molecule has 6 heteroatoms. The smallest absolute Gasteiger partial charge is 0.183 e. The number of nitrogens with two attached hydrogens (primary N) is 1. The molecule has 0 radical (unpaired) electrons. The largest absolute Gasteiger partial charge is 0.469 e. The van der Waals surface area contributed by atoms with E-state index in [4.69, 9.17) is 10.2 Å². The average Bonchev–Trinajstić information content (AvgIpc) is 2.94. The minimum absolute atomic E-state index is 0.398. The number of fused-ring (bicyclic) bond motifs is 1. The van der Waals surface area contributed by atoms with Gasteiger partial charge < -0.3 is 15.1 Å². The summed E-state index contributed by atoms with van der Waals surface area (Å²) in [4.78, 5) is 15.5. The Morgan fingerprint density at radius 3 is 3.06 bits per heavy atom. The van der Waals surface area contributed by atoms with Crippen molar-refractivity contribution in [2.45, 2.75) is 13.3 Å². The van der Waals surface area contributed by atoms with Crippen LogP contribution in [0, 0.1) is 0 Å². The van der Waals surface area contributed by atoms with Gasteiger partial charge in [-0.2, -0.15) is 0 Å². The highest BCUT2D eigenvalue weighted by Crippen LogP contribution is 2.25. The SMILES string of the molecule is CCc1occc1-c1nc2ncnc(N)c2[nH]1. The first-order valence-electron chi connectivity index (χ1n) is 5.32. The molecule has 3 aromatic heterocycles. The van der Waals surface area contributed by atoms with Gasteiger partial charge in [0.2, 0.25) is 0 Å². The summed E-state index contributed by atoms with van der Waals surface area (Å²) < 4.78 is 5.37. The predicted molar refractivity (Wildman–Crippen MR) is 63.2 cm³/mol. The molecule has 3 N–H and O–H groups in total. The summed E-state index contributed by atoms with van der Waals surface area (Å²) in [7, 11) is 0. The second-order valence-electron chi connectivity index (χ2n) is 3.65. The molecule has 86 valence electrons. The van der Waals surface area contributed by atoms with Gasteiger partial charge in [-0.15, -0.1) is 0 Å². The molecule has 0 fully saturated rings. The second-order valence-corrected chi connectivity index (χ2v) is 3.65. The maximum atomic E-state index is 5.75. The van der Waals surface area contributed by atoms with Crippen LogP contribution >= 0.6 is 0 Å². The number of aromatic amines is 1. The molecule has 0 aliphatic carbocycles. The van der Waals surface area contributed by atoms with Crippen molar-refractivity contribution in [1.82, 2.24) is 19.9 Å². The number of nitrogen functional groups attached to an aromatic ring is 1. The summed E-state index contributed by atoms with van der Waals surface area (Å²) in [5.41, 5.74) is 7.91. The van der Waals surface area contributed by atoms with Crippen molar-refractivity contribution in [3.63, 3.8) is 0 Å². The van der Waals surface area contributed by atoms with Crippen molar-refractivity contribution < 1.29 is 4.42 Å². The monoisotopic (exact) mass is 229 g/mol. The topological polar surface area (TPSA) is 93.6 Å². The van der Waals surface area contributed by atoms with E-state index in [0.29, 0.717) is 22.8 Å². The number of hydrogen-bond donors (Lipinski definition) is 2. The van der Waals surface area contributed by atoms with E-state index in [1.807, 2.05) is 13.0 Å². The van der Waals surface area contributed by atoms with Gasteiger partial charge in [-0.05, 0) is 6.07 Å². The Bertz CT molecular complexity index is 669. The van der Waals surface area contributed by atoms with E-state index in [0.717, 1.165) is 17.7 Å². The van der Waals surface area contributed by atoms with Gasteiger partial charge in [-0.3, -0.25) is 0 Å². The number of anilines is 1. The highest BCUT2D eigenvalue weighted by Gasteiger charge is 2.13. The number of nitrogens with one attached hydrogen (secondary N) is 1. The molecule has 0 bridgehead atoms. The average molecular weight is 229 g/mol. The first kappa shape index (κ1) is 9.83. The molecule has 0 atom stereocenters. The van der Waals surface area contributed by atoms with Crippen LogP contribution in [0.5, 0.6) is 0 Å². The Kier molecular flexibility index (Phi) is 2.07. The fourth-order valence-electron chi connectivity index (χ4n) is 1.80. The van der Waals surface area contributed by atoms with Crippen molar-refractivity contribution in [3.05, 3.63) is 24.4 Å². The summed E-state index contributed by atoms with van der Waals surface area (Å²) in [6.07, 6.45) is 3.86. The summed E-state index contributed by atoms with van der Waals surface area (Å²) in [6.45, 7) is 2.03. The molecule has 3 heterocycles. The molecule has 3 aromatic rings. The van der Waals surface area contributed by atoms with Crippen LogP contribution in [0.15, 0.2) is 23.1 Å². The number of imidazole rings is 1. The van der Waals surface area contributed by atoms with Gasteiger partial charge >= 0.3 is 0 Å². The van der Waals surface area contributed by atoms with Gasteiger partial charge in [-0.25, -0.2) is 15.0 Å². The van der Waals surface area contributed by atoms with Gasteiger partial charge in [0.25, 0.3) is 0 Å². The Hall–Kier alpha value is -2.37. The molecule has 0 amide bonds. The first-order valence-corrected chi connectivity index (χ1v) is 5.32. The van der Waals surface area contributed by atoms with Gasteiger partial charge in [0.15, 0.2) is 11.5 Å². The molecule has 0 saturated heterocycles. The lowest BCUT2D eigenvalue weighted by Gasteiger charge is -1.94. The molecule has 0 aromatic carbocycles. The Morgan fingerprint density at radius 1 is 1.41 bits per heavy atom. The third-order valence-corrected chi connectivity index (χ3v) is 2.64. The van der Waals surface area contributed by atoms with E-state index in [1.165, 1.54) is 6.33 Å². The van der Waals surface area contributed by atoms with Crippen molar-refractivity contribution in [3.8, 4) is 11.4 Å². The molecule has 0 unspecified atom stereocenters. The normalized spacial score (nSPS) is 11.1. The molecule has 6 nitrogen and oxygen atoms in total. The van der Waals surface area contributed by atoms with E-state index in [-0.39, 0.29) is 0 Å². The number of aromatic nitrogens is 4. The Morgan fingerprint density at radius 2 is 2.29 bits per heavy atom. The zero-order valence-corrected chi connectivity index (χ0v) is 9.27. The summed E-state index contributed by atoms with van der Waals surface area (Å²) in [6, 6.07) is 1.88. The third-order valence-electron chi connectivity index (χ3n) is 2.64. The molecular weight excluding hydrogens is 218 g/mol. The maximum Gasteiger partial charge on any atom is 0.183 e. The zero-order valence-electron chi connectivity index (χ0n) is 9.27. The zero-order chi connectivity index (χ0) is 11.8. The van der Waals surface area contributed by atoms with Gasteiger partial charge in [-0.1, -0.05) is 6.92 Å². The lowest BCUT2D eigenvalue weighted by atomic mass is 10.2. The van der Waals surface area contributed by atoms with Crippen molar-refractivity contribution >= 4 is 17.0 Å². The fourth-order valence-corrected chi connectivity index (χ4v) is 1.80. The summed E-state index contributed by atoms with van der Waals surface area (Å²) in [5.74, 6) is 1.99. The summed E-state index contributed by atoms with van der Waals surface area (Å²) >= 11 is 0. The molecular formula is C11H11N5O. The van der Waals surface area contributed by atoms with Crippen molar-refractivity contribution in [1.29, 1.82) is 0 Å². The number of H-pyrrole nitrogens is 1. The van der Waals surface area contributed by atoms with E-state index < -0.39 is 0 Å². The number of rotatable bonds is 2. The van der Waals surface area contributed by atoms with Gasteiger partial charge in [0.1, 0.15) is 23.4 Å². The van der Waals surface area contributed by atoms with E-state index >= 15 is 0 Å². The third kappa shape index (κ3) is 1.45. The van der Waals surface area contributed by atoms with E-state index in [1.54, 1.807) is 6.26 Å². The van der Waals surface area contributed by atoms with Crippen LogP contribution in [0.2, 0.25) is 0 Å². The molecule has 0 aliphatic rings. The number of nitrogens with zero attached hydrogens (tertiary/aromatic N) is 3. The predicted octanol–water partition coefficient (Wildman–Crippen LogP) is 1.76. The number of hydrogen-bond acceptors (Lipinski definition) is 5. The Balaban J connectivity index is 2.22. The first-order chi connectivity index (χ1) is 8.29. The summed E-state index contributed by atoms with van der Waals surface area (Å²) in [5, 5.41) is 0. The highest BCUT2D eigenvalue weighted by molar-refractivity contribution is 5.84. The fraction of sp³-hybridized carbons (Fsp3) is 0.182. The van der Waals surface area contributed by atoms with Crippen LogP contribution in [0.25, 0.3) is 22.6 Å². The number of furan rings is 1. The van der Waals surface area contributed by atoms with Crippen LogP contribution in [0.4, 0.5) is 5.82 Å². The molecule has 0 spiro atoms. The highest BCUT2D eigenvalue weighted by atomic mass is 16.3. The molecule has 0 aliphatic heterocycles. The minimum atomic E-state index is 0.398. The second kappa shape index (κ2) is 3.58. The van der Waals surface area contributed by atoms with Gasteiger partial charge in [0.05, 0.1) is 11.8 Å². The lowest BCUT2D eigenvalue weighted by Crippen LogP contribution is -1.91. The van der Waals surface area contributed by atoms with Crippen LogP contribution in [-0.2, 0) is 6.42 Å². The quantitative estimate of drug-likeness (QED) is 0.698. The van der Waals surface area contributed by atoms with Crippen LogP contribution < -0.4 is 5.73 Å². The number of aryl methyl sites for hydroxylation is 1. The minimum Gasteiger partial charge on any atom is -0.469 e. The Labute approximate surface area is 96.9 Å². The molecule has 3 rings (SSSR count). The lowest BCUT2D eigenvalue weighted by molar-refractivity contribution is 0.517. The maximum absolute atomic E-state index is 5.75. The van der Waals surface area contributed by atoms with Crippen LogP contribution in [0.3, 0.4) is 0 Å². The standard InChI is InChI=1S/C11H11N5O/c1-2-7-6(3-4-17-7)10-15-8-9(12)13-5-14-11(8)16-10/h3-5H,2H2,1H3,(H3,12,13,14,15,16). The van der Waals surface area contributed by atoms with Crippen molar-refractivity contribution in [2.24, 2.45) is 0 Å². The van der Waals surface area contributed by atoms with Gasteiger partial charge in [0, 0.05) is 6.42 Å². The van der Waals surface area contributed by atoms with E-state index in [9.17, 15) is 0 Å². The molecule has 17 heavy (non-hydrogen) atoms.